The first-order chi connectivity index (χ1) is 7.56. The van der Waals surface area contributed by atoms with Crippen LogP contribution in [0.4, 0.5) is 14.5 Å². The molecule has 1 saturated heterocycles. The van der Waals surface area contributed by atoms with E-state index in [1.165, 1.54) is 12.1 Å². The number of anilines is 1. The fourth-order valence-electron chi connectivity index (χ4n) is 2.33. The van der Waals surface area contributed by atoms with Crippen LogP contribution < -0.4 is 10.6 Å². The molecular weight excluding hydrogens is 210 g/mol. The molecule has 0 amide bonds. The lowest BCUT2D eigenvalue weighted by Gasteiger charge is -2.36. The summed E-state index contributed by atoms with van der Waals surface area (Å²) in [6, 6.07) is 3.74. The number of nitrogens with two attached hydrogens (primary N) is 1. The minimum Gasteiger partial charge on any atom is -0.367 e. The minimum absolute atomic E-state index is 0.0632. The van der Waals surface area contributed by atoms with Gasteiger partial charge < -0.3 is 10.6 Å². The normalized spacial score (nSPS) is 25.9. The summed E-state index contributed by atoms with van der Waals surface area (Å²) >= 11 is 0. The Bertz CT molecular complexity index is 371. The van der Waals surface area contributed by atoms with Crippen LogP contribution in [0.15, 0.2) is 18.2 Å². The number of halogens is 2. The van der Waals surface area contributed by atoms with E-state index in [1.54, 1.807) is 0 Å². The van der Waals surface area contributed by atoms with E-state index < -0.39 is 11.6 Å². The van der Waals surface area contributed by atoms with E-state index >= 15 is 0 Å². The predicted molar refractivity (Wildman–Crippen MR) is 60.3 cm³/mol. The van der Waals surface area contributed by atoms with Gasteiger partial charge in [0.25, 0.3) is 0 Å². The zero-order valence-electron chi connectivity index (χ0n) is 9.29. The van der Waals surface area contributed by atoms with Crippen molar-refractivity contribution in [3.05, 3.63) is 29.8 Å². The Morgan fingerprint density at radius 1 is 1.31 bits per heavy atom. The third-order valence-electron chi connectivity index (χ3n) is 2.94. The minimum atomic E-state index is -0.546. The molecule has 2 rings (SSSR count). The van der Waals surface area contributed by atoms with E-state index in [1.807, 2.05) is 4.90 Å². The summed E-state index contributed by atoms with van der Waals surface area (Å²) in [7, 11) is 0. The quantitative estimate of drug-likeness (QED) is 0.795. The first-order valence-electron chi connectivity index (χ1n) is 5.52. The maximum absolute atomic E-state index is 13.6. The Kier molecular flexibility index (Phi) is 3.10. The Hall–Kier alpha value is -1.16. The molecule has 2 unspecified atom stereocenters. The zero-order chi connectivity index (χ0) is 11.7. The predicted octanol–water partition coefficient (Wildman–Crippen LogP) is 2.14. The molecule has 0 aliphatic carbocycles. The molecule has 2 atom stereocenters. The summed E-state index contributed by atoms with van der Waals surface area (Å²) in [6.45, 7) is 3.50. The number of benzene rings is 1. The summed E-state index contributed by atoms with van der Waals surface area (Å²) in [4.78, 5) is 1.90. The lowest BCUT2D eigenvalue weighted by Crippen LogP contribution is -2.46. The molecule has 88 valence electrons. The third kappa shape index (κ3) is 2.32. The van der Waals surface area contributed by atoms with E-state index in [2.05, 4.69) is 6.92 Å². The van der Waals surface area contributed by atoms with Crippen molar-refractivity contribution in [1.82, 2.24) is 0 Å². The Morgan fingerprint density at radius 3 is 2.69 bits per heavy atom. The van der Waals surface area contributed by atoms with Crippen LogP contribution in [0.3, 0.4) is 0 Å². The van der Waals surface area contributed by atoms with Crippen LogP contribution >= 0.6 is 0 Å². The molecule has 1 heterocycles. The summed E-state index contributed by atoms with van der Waals surface area (Å²) in [5.41, 5.74) is 6.34. The van der Waals surface area contributed by atoms with Gasteiger partial charge >= 0.3 is 0 Å². The van der Waals surface area contributed by atoms with Crippen molar-refractivity contribution < 1.29 is 8.78 Å². The molecule has 0 radical (unpaired) electrons. The largest absolute Gasteiger partial charge is 0.367 e. The van der Waals surface area contributed by atoms with Crippen molar-refractivity contribution >= 4 is 5.69 Å². The van der Waals surface area contributed by atoms with Crippen molar-refractivity contribution in [3.8, 4) is 0 Å². The Balaban J connectivity index is 2.23. The molecule has 1 aromatic rings. The molecule has 16 heavy (non-hydrogen) atoms. The van der Waals surface area contributed by atoms with Gasteiger partial charge in [-0.25, -0.2) is 8.78 Å². The summed E-state index contributed by atoms with van der Waals surface area (Å²) in [5.74, 6) is -0.620. The second-order valence-corrected chi connectivity index (χ2v) is 4.60. The van der Waals surface area contributed by atoms with Gasteiger partial charge in [0.1, 0.15) is 11.6 Å². The molecule has 1 aromatic carbocycles. The fraction of sp³-hybridized carbons (Fsp3) is 0.500. The third-order valence-corrected chi connectivity index (χ3v) is 2.94. The highest BCUT2D eigenvalue weighted by atomic mass is 19.1. The number of nitrogens with zero attached hydrogens (tertiary/aromatic N) is 1. The summed E-state index contributed by atoms with van der Waals surface area (Å²) in [6.07, 6.45) is 0.958. The molecular formula is C12H16F2N2. The topological polar surface area (TPSA) is 29.3 Å². The van der Waals surface area contributed by atoms with Crippen LogP contribution in [0.2, 0.25) is 0 Å². The van der Waals surface area contributed by atoms with Crippen LogP contribution in [0.5, 0.6) is 0 Å². The van der Waals surface area contributed by atoms with Gasteiger partial charge in [0.15, 0.2) is 0 Å². The Labute approximate surface area is 94.0 Å². The van der Waals surface area contributed by atoms with Gasteiger partial charge in [0.05, 0.1) is 5.69 Å². The van der Waals surface area contributed by atoms with Gasteiger partial charge in [-0.2, -0.15) is 0 Å². The van der Waals surface area contributed by atoms with Crippen LogP contribution in [0, 0.1) is 17.6 Å². The number of piperidine rings is 1. The highest BCUT2D eigenvalue weighted by Gasteiger charge is 2.24. The molecule has 2 N–H and O–H groups in total. The van der Waals surface area contributed by atoms with E-state index in [0.29, 0.717) is 18.2 Å². The maximum Gasteiger partial charge on any atom is 0.149 e. The van der Waals surface area contributed by atoms with Crippen molar-refractivity contribution in [2.75, 3.05) is 18.0 Å². The van der Waals surface area contributed by atoms with Gasteiger partial charge in [0.2, 0.25) is 0 Å². The summed E-state index contributed by atoms with van der Waals surface area (Å²) < 4.78 is 26.4. The second-order valence-electron chi connectivity index (χ2n) is 4.60. The smallest absolute Gasteiger partial charge is 0.149 e. The second kappa shape index (κ2) is 4.37. The molecule has 2 nitrogen and oxygen atoms in total. The Morgan fingerprint density at radius 2 is 2.06 bits per heavy atom. The van der Waals surface area contributed by atoms with E-state index in [9.17, 15) is 8.78 Å². The van der Waals surface area contributed by atoms with Crippen molar-refractivity contribution in [2.45, 2.75) is 19.4 Å². The lowest BCUT2D eigenvalue weighted by molar-refractivity contribution is 0.398. The first-order valence-corrected chi connectivity index (χ1v) is 5.52. The monoisotopic (exact) mass is 226 g/mol. The van der Waals surface area contributed by atoms with Crippen LogP contribution in [0.25, 0.3) is 0 Å². The number of rotatable bonds is 1. The average Bonchev–Trinajstić information content (AvgIpc) is 2.15. The van der Waals surface area contributed by atoms with E-state index in [-0.39, 0.29) is 6.04 Å². The van der Waals surface area contributed by atoms with Crippen molar-refractivity contribution in [3.63, 3.8) is 0 Å². The highest BCUT2D eigenvalue weighted by Crippen LogP contribution is 2.25. The zero-order valence-corrected chi connectivity index (χ0v) is 9.29. The van der Waals surface area contributed by atoms with Crippen LogP contribution in [-0.2, 0) is 0 Å². The summed E-state index contributed by atoms with van der Waals surface area (Å²) in [5, 5.41) is 0. The molecule has 0 saturated carbocycles. The van der Waals surface area contributed by atoms with Gasteiger partial charge in [-0.05, 0) is 24.5 Å². The molecule has 0 aromatic heterocycles. The molecule has 0 bridgehead atoms. The van der Waals surface area contributed by atoms with Gasteiger partial charge in [0, 0.05) is 25.2 Å². The van der Waals surface area contributed by atoms with E-state index in [0.717, 1.165) is 19.0 Å². The van der Waals surface area contributed by atoms with Gasteiger partial charge in [-0.3, -0.25) is 0 Å². The van der Waals surface area contributed by atoms with Crippen LogP contribution in [0.1, 0.15) is 13.3 Å². The average molecular weight is 226 g/mol. The van der Waals surface area contributed by atoms with Crippen LogP contribution in [-0.4, -0.2) is 19.1 Å². The number of hydrogen-bond acceptors (Lipinski definition) is 2. The number of hydrogen-bond donors (Lipinski definition) is 1. The standard InChI is InChI=1S/C12H16F2N2/c1-8-4-10(15)7-16(6-8)12-3-2-9(13)5-11(12)14/h2-3,5,8,10H,4,6-7,15H2,1H3. The SMILES string of the molecule is CC1CC(N)CN(c2ccc(F)cc2F)C1. The molecule has 1 fully saturated rings. The highest BCUT2D eigenvalue weighted by molar-refractivity contribution is 5.48. The van der Waals surface area contributed by atoms with E-state index in [4.69, 9.17) is 5.73 Å². The fourth-order valence-corrected chi connectivity index (χ4v) is 2.33. The lowest BCUT2D eigenvalue weighted by atomic mass is 9.96. The first kappa shape index (κ1) is 11.3. The van der Waals surface area contributed by atoms with Gasteiger partial charge in [-0.15, -0.1) is 0 Å². The molecule has 1 aliphatic heterocycles. The maximum atomic E-state index is 13.6. The van der Waals surface area contributed by atoms with Crippen molar-refractivity contribution in [2.24, 2.45) is 11.7 Å². The van der Waals surface area contributed by atoms with Gasteiger partial charge in [-0.1, -0.05) is 6.92 Å². The molecule has 4 heteroatoms. The molecule has 1 aliphatic rings. The van der Waals surface area contributed by atoms with Crippen molar-refractivity contribution in [1.29, 1.82) is 0 Å². The molecule has 0 spiro atoms.